The van der Waals surface area contributed by atoms with Gasteiger partial charge in [0.1, 0.15) is 12.1 Å². The van der Waals surface area contributed by atoms with Gasteiger partial charge in [0.15, 0.2) is 0 Å². The van der Waals surface area contributed by atoms with Crippen molar-refractivity contribution in [3.05, 3.63) is 35.4 Å². The number of carboxylic acids is 1. The second-order valence-electron chi connectivity index (χ2n) is 16.7. The molecule has 0 bridgehead atoms. The van der Waals surface area contributed by atoms with Crippen molar-refractivity contribution in [1.29, 1.82) is 0 Å². The number of nitrogens with zero attached hydrogens (tertiary/aromatic N) is 2. The molecule has 13 nitrogen and oxygen atoms in total. The van der Waals surface area contributed by atoms with Gasteiger partial charge < -0.3 is 40.3 Å². The second-order valence-corrected chi connectivity index (χ2v) is 16.7. The number of piperidine rings is 1. The summed E-state index contributed by atoms with van der Waals surface area (Å²) in [5, 5.41) is 18.7. The molecule has 4 amide bonds. The first kappa shape index (κ1) is 45.8. The maximum Gasteiger partial charge on any atom is 0.326 e. The fourth-order valence-electron chi connectivity index (χ4n) is 8.65. The summed E-state index contributed by atoms with van der Waals surface area (Å²) >= 11 is 0. The quantitative estimate of drug-likeness (QED) is 0.146. The van der Waals surface area contributed by atoms with E-state index >= 15 is 0 Å². The van der Waals surface area contributed by atoms with Crippen LogP contribution in [0.15, 0.2) is 24.3 Å². The number of carboxylic acid groups (broad SMARTS) is 1. The van der Waals surface area contributed by atoms with Crippen LogP contribution in [-0.2, 0) is 39.9 Å². The Morgan fingerprint density at radius 3 is 2.02 bits per heavy atom. The molecule has 1 aliphatic heterocycles. The summed E-state index contributed by atoms with van der Waals surface area (Å²) in [4.78, 5) is 71.4. The van der Waals surface area contributed by atoms with E-state index in [-0.39, 0.29) is 66.2 Å². The molecule has 3 unspecified atom stereocenters. The van der Waals surface area contributed by atoms with Crippen LogP contribution in [0, 0.1) is 42.4 Å². The number of carbonyl (C=O) groups is 5. The van der Waals surface area contributed by atoms with Gasteiger partial charge in [0.2, 0.25) is 23.6 Å². The summed E-state index contributed by atoms with van der Waals surface area (Å²) < 4.78 is 12.0. The van der Waals surface area contributed by atoms with Crippen molar-refractivity contribution in [1.82, 2.24) is 25.8 Å². The SMILES string of the molecule is CC[C@H](C)[C@@H]([C@@H](CC(=O)N1C2C(C)C2C[C@H]1[C@H](OC)[C@@H](C)C(=O)N[C@@H](Cc1ccc(C)cc1)C(=O)O)OC)N(C)C(=O)[C@@H](NC(=O)[C@@H](NC)C(C)C)C(C)C. The van der Waals surface area contributed by atoms with E-state index in [9.17, 15) is 29.1 Å². The molecule has 2 fully saturated rings. The number of methoxy groups -OCH3 is 2. The Morgan fingerprint density at radius 1 is 0.927 bits per heavy atom. The van der Waals surface area contributed by atoms with Crippen molar-refractivity contribution in [3.63, 3.8) is 0 Å². The molecule has 1 saturated carbocycles. The van der Waals surface area contributed by atoms with Crippen LogP contribution in [0.5, 0.6) is 0 Å². The number of ether oxygens (including phenoxy) is 2. The van der Waals surface area contributed by atoms with Crippen LogP contribution < -0.4 is 16.0 Å². The van der Waals surface area contributed by atoms with Crippen LogP contribution in [-0.4, -0.2) is 121 Å². The standard InChI is InChI=1S/C42H69N5O8/c1-14-25(7)36(46(11)41(51)35(23(4)5)45-40(50)34(43-10)22(2)3)32(54-12)21-33(48)47-31(20-29-26(8)37(29)47)38(55-13)27(9)39(49)44-30(42(52)53)19-28-17-15-24(6)16-18-28/h15-18,22-23,25-27,29-32,34-38,43H,14,19-21H2,1-13H3,(H,44,49)(H,45,50)(H,52,53)/t25-,26?,27+,29?,30-,31-,32+,34-,35-,36-,37?,38+/m0/s1. The first-order valence-corrected chi connectivity index (χ1v) is 20.0. The van der Waals surface area contributed by atoms with Gasteiger partial charge in [-0.3, -0.25) is 19.2 Å². The van der Waals surface area contributed by atoms with Crippen molar-refractivity contribution >= 4 is 29.6 Å². The molecule has 0 aromatic heterocycles. The Hall–Kier alpha value is -3.55. The van der Waals surface area contributed by atoms with Gasteiger partial charge in [-0.1, -0.05) is 91.6 Å². The molecule has 13 heteroatoms. The van der Waals surface area contributed by atoms with Gasteiger partial charge in [0.05, 0.1) is 42.7 Å². The highest BCUT2D eigenvalue weighted by atomic mass is 16.5. The van der Waals surface area contributed by atoms with Gasteiger partial charge in [-0.25, -0.2) is 4.79 Å². The van der Waals surface area contributed by atoms with Crippen LogP contribution >= 0.6 is 0 Å². The van der Waals surface area contributed by atoms with E-state index < -0.39 is 60.2 Å². The molecule has 3 rings (SSSR count). The molecule has 1 aromatic rings. The predicted octanol–water partition coefficient (Wildman–Crippen LogP) is 3.66. The third-order valence-electron chi connectivity index (χ3n) is 12.3. The van der Waals surface area contributed by atoms with Crippen LogP contribution in [0.1, 0.15) is 85.8 Å². The number of rotatable bonds is 21. The highest BCUT2D eigenvalue weighted by molar-refractivity contribution is 5.90. The van der Waals surface area contributed by atoms with Gasteiger partial charge in [-0.2, -0.15) is 0 Å². The molecule has 0 radical (unpaired) electrons. The molecule has 55 heavy (non-hydrogen) atoms. The normalized spacial score (nSPS) is 23.5. The molecule has 4 N–H and O–H groups in total. The first-order chi connectivity index (χ1) is 25.8. The van der Waals surface area contributed by atoms with E-state index in [0.717, 1.165) is 17.5 Å². The summed E-state index contributed by atoms with van der Waals surface area (Å²) in [5.74, 6) is -2.67. The Kier molecular flexibility index (Phi) is 16.7. The van der Waals surface area contributed by atoms with Crippen molar-refractivity contribution in [2.24, 2.45) is 35.5 Å². The number of likely N-dealkylation sites (tertiary alicyclic amines) is 1. The number of nitrogens with one attached hydrogen (secondary N) is 3. The van der Waals surface area contributed by atoms with Gasteiger partial charge in [0, 0.05) is 33.7 Å². The zero-order valence-electron chi connectivity index (χ0n) is 35.4. The van der Waals surface area contributed by atoms with Crippen LogP contribution in [0.2, 0.25) is 0 Å². The number of carbonyl (C=O) groups excluding carboxylic acids is 4. The summed E-state index contributed by atoms with van der Waals surface area (Å²) in [6, 6.07) is 4.24. The summed E-state index contributed by atoms with van der Waals surface area (Å²) in [6.45, 7) is 17.5. The minimum Gasteiger partial charge on any atom is -0.480 e. The van der Waals surface area contributed by atoms with Gasteiger partial charge >= 0.3 is 5.97 Å². The Balaban J connectivity index is 1.83. The lowest BCUT2D eigenvalue weighted by Crippen LogP contribution is -2.59. The van der Waals surface area contributed by atoms with Gasteiger partial charge in [-0.05, 0) is 55.5 Å². The number of hydrogen-bond acceptors (Lipinski definition) is 8. The molecule has 1 saturated heterocycles. The van der Waals surface area contributed by atoms with Crippen molar-refractivity contribution in [2.75, 3.05) is 28.3 Å². The summed E-state index contributed by atoms with van der Waals surface area (Å²) in [7, 11) is 6.52. The number of benzene rings is 1. The molecule has 310 valence electrons. The molecule has 1 aliphatic carbocycles. The highest BCUT2D eigenvalue weighted by Crippen LogP contribution is 2.54. The van der Waals surface area contributed by atoms with E-state index in [4.69, 9.17) is 9.47 Å². The van der Waals surface area contributed by atoms with Crippen molar-refractivity contribution in [2.45, 2.75) is 136 Å². The fraction of sp³-hybridized carbons (Fsp3) is 0.738. The third kappa shape index (κ3) is 10.9. The molecule has 1 aromatic carbocycles. The topological polar surface area (TPSA) is 167 Å². The van der Waals surface area contributed by atoms with Gasteiger partial charge in [0.25, 0.3) is 0 Å². The molecule has 1 heterocycles. The van der Waals surface area contributed by atoms with Crippen LogP contribution in [0.25, 0.3) is 0 Å². The number of fused-ring (bicyclic) bond motifs is 1. The van der Waals surface area contributed by atoms with E-state index in [1.165, 1.54) is 7.11 Å². The molecular formula is C42H69N5O8. The summed E-state index contributed by atoms with van der Waals surface area (Å²) in [5.41, 5.74) is 1.85. The zero-order chi connectivity index (χ0) is 41.5. The van der Waals surface area contributed by atoms with Crippen molar-refractivity contribution < 1.29 is 38.6 Å². The maximum atomic E-state index is 14.5. The largest absolute Gasteiger partial charge is 0.480 e. The van der Waals surface area contributed by atoms with E-state index in [2.05, 4.69) is 22.9 Å². The summed E-state index contributed by atoms with van der Waals surface area (Å²) in [6.07, 6.45) is 0.164. The van der Waals surface area contributed by atoms with E-state index in [1.54, 1.807) is 33.0 Å². The number of aryl methyl sites for hydroxylation is 1. The second kappa shape index (κ2) is 20.0. The van der Waals surface area contributed by atoms with Crippen molar-refractivity contribution in [3.8, 4) is 0 Å². The lowest BCUT2D eigenvalue weighted by atomic mass is 9.89. The molecule has 0 spiro atoms. The molecule has 12 atom stereocenters. The van der Waals surface area contributed by atoms with Gasteiger partial charge in [-0.15, -0.1) is 0 Å². The average Bonchev–Trinajstić information content (AvgIpc) is 3.56. The minimum absolute atomic E-state index is 0.00189. The number of hydrogen-bond donors (Lipinski definition) is 4. The Labute approximate surface area is 329 Å². The van der Waals surface area contributed by atoms with Crippen LogP contribution in [0.3, 0.4) is 0 Å². The number of likely N-dealkylation sites (N-methyl/N-ethyl adjacent to an activating group) is 2. The minimum atomic E-state index is -1.13. The maximum absolute atomic E-state index is 14.5. The highest BCUT2D eigenvalue weighted by Gasteiger charge is 2.62. The lowest BCUT2D eigenvalue weighted by molar-refractivity contribution is -0.149. The number of aliphatic carboxylic acids is 1. The molecular weight excluding hydrogens is 702 g/mol. The first-order valence-electron chi connectivity index (χ1n) is 20.0. The Morgan fingerprint density at radius 2 is 1.53 bits per heavy atom. The predicted molar refractivity (Wildman–Crippen MR) is 212 cm³/mol. The van der Waals surface area contributed by atoms with E-state index in [1.807, 2.05) is 77.6 Å². The zero-order valence-corrected chi connectivity index (χ0v) is 35.4. The fourth-order valence-corrected chi connectivity index (χ4v) is 8.65. The van der Waals surface area contributed by atoms with Crippen LogP contribution in [0.4, 0.5) is 0 Å². The lowest BCUT2D eigenvalue weighted by Gasteiger charge is -2.41. The third-order valence-corrected chi connectivity index (χ3v) is 12.3. The number of amides is 4. The average molecular weight is 772 g/mol. The monoisotopic (exact) mass is 772 g/mol. The smallest absolute Gasteiger partial charge is 0.326 e. The Bertz CT molecular complexity index is 1470. The van der Waals surface area contributed by atoms with E-state index in [0.29, 0.717) is 6.42 Å². The molecule has 2 aliphatic rings.